The molecule has 1 aliphatic rings. The van der Waals surface area contributed by atoms with Crippen molar-refractivity contribution in [3.8, 4) is 0 Å². The Morgan fingerprint density at radius 1 is 1.43 bits per heavy atom. The summed E-state index contributed by atoms with van der Waals surface area (Å²) in [6.07, 6.45) is 3.47. The third kappa shape index (κ3) is 4.70. The highest BCUT2D eigenvalue weighted by atomic mass is 16.6. The molecule has 1 amide bonds. The van der Waals surface area contributed by atoms with E-state index in [1.54, 1.807) is 11.1 Å². The molecule has 0 aliphatic carbocycles. The van der Waals surface area contributed by atoms with Crippen LogP contribution in [0.25, 0.3) is 0 Å². The van der Waals surface area contributed by atoms with E-state index < -0.39 is 5.60 Å². The van der Waals surface area contributed by atoms with Crippen LogP contribution in [0.1, 0.15) is 33.3 Å². The Balaban J connectivity index is 1.89. The largest absolute Gasteiger partial charge is 0.444 e. The molecule has 1 aliphatic heterocycles. The Kier molecular flexibility index (Phi) is 4.83. The summed E-state index contributed by atoms with van der Waals surface area (Å²) in [6, 6.07) is 4.35. The number of amides is 1. The summed E-state index contributed by atoms with van der Waals surface area (Å²) < 4.78 is 5.44. The molecule has 1 saturated heterocycles. The van der Waals surface area contributed by atoms with Gasteiger partial charge >= 0.3 is 6.09 Å². The van der Waals surface area contributed by atoms with Gasteiger partial charge in [-0.2, -0.15) is 0 Å². The molecule has 0 N–H and O–H groups in total. The van der Waals surface area contributed by atoms with E-state index in [2.05, 4.69) is 22.9 Å². The second-order valence-corrected chi connectivity index (χ2v) is 6.61. The molecule has 1 fully saturated rings. The van der Waals surface area contributed by atoms with Gasteiger partial charge in [0.1, 0.15) is 5.60 Å². The first-order valence-electron chi connectivity index (χ1n) is 7.46. The summed E-state index contributed by atoms with van der Waals surface area (Å²) in [5.41, 5.74) is 0.766. The summed E-state index contributed by atoms with van der Waals surface area (Å²) in [6.45, 7) is 11.0. The maximum atomic E-state index is 12.1. The standard InChI is InChI=1S/C16H25N3O2/c1-13-11-19(15(20)21-16(2,3)4)9-8-18(13)12-14-6-5-7-17-10-14/h5-7,10,13H,8-9,11-12H2,1-4H3/t13-/m1/s1. The molecule has 0 bridgehead atoms. The number of aromatic nitrogens is 1. The number of carbonyl (C=O) groups is 1. The zero-order valence-corrected chi connectivity index (χ0v) is 13.4. The highest BCUT2D eigenvalue weighted by Gasteiger charge is 2.29. The predicted octanol–water partition coefficient (Wildman–Crippen LogP) is 2.52. The Morgan fingerprint density at radius 2 is 2.19 bits per heavy atom. The lowest BCUT2D eigenvalue weighted by Gasteiger charge is -2.40. The third-order valence-electron chi connectivity index (χ3n) is 3.53. The minimum atomic E-state index is -0.437. The van der Waals surface area contributed by atoms with Crippen LogP contribution in [0.15, 0.2) is 24.5 Å². The number of nitrogens with zero attached hydrogens (tertiary/aromatic N) is 3. The second kappa shape index (κ2) is 6.43. The van der Waals surface area contributed by atoms with Gasteiger partial charge in [0, 0.05) is 44.6 Å². The van der Waals surface area contributed by atoms with Gasteiger partial charge < -0.3 is 9.64 Å². The van der Waals surface area contributed by atoms with E-state index in [-0.39, 0.29) is 6.09 Å². The topological polar surface area (TPSA) is 45.7 Å². The van der Waals surface area contributed by atoms with Crippen LogP contribution in [0.4, 0.5) is 4.79 Å². The molecular formula is C16H25N3O2. The van der Waals surface area contributed by atoms with E-state index in [1.165, 1.54) is 5.56 Å². The van der Waals surface area contributed by atoms with Gasteiger partial charge in [0.15, 0.2) is 0 Å². The predicted molar refractivity (Wildman–Crippen MR) is 81.9 cm³/mol. The number of hydrogen-bond acceptors (Lipinski definition) is 4. The monoisotopic (exact) mass is 291 g/mol. The van der Waals surface area contributed by atoms with Gasteiger partial charge in [-0.05, 0) is 39.3 Å². The zero-order valence-electron chi connectivity index (χ0n) is 13.4. The molecule has 2 heterocycles. The van der Waals surface area contributed by atoms with Crippen LogP contribution in [0.5, 0.6) is 0 Å². The van der Waals surface area contributed by atoms with Crippen molar-refractivity contribution in [2.24, 2.45) is 0 Å². The zero-order chi connectivity index (χ0) is 15.5. The first-order chi connectivity index (χ1) is 9.85. The molecule has 1 atom stereocenters. The van der Waals surface area contributed by atoms with E-state index in [9.17, 15) is 4.79 Å². The first kappa shape index (κ1) is 15.8. The van der Waals surface area contributed by atoms with Crippen molar-refractivity contribution < 1.29 is 9.53 Å². The highest BCUT2D eigenvalue weighted by molar-refractivity contribution is 5.68. The molecular weight excluding hydrogens is 266 g/mol. The second-order valence-electron chi connectivity index (χ2n) is 6.61. The number of ether oxygens (including phenoxy) is 1. The van der Waals surface area contributed by atoms with Gasteiger partial charge in [-0.1, -0.05) is 6.07 Å². The van der Waals surface area contributed by atoms with Crippen LogP contribution in [-0.4, -0.2) is 52.2 Å². The fourth-order valence-corrected chi connectivity index (χ4v) is 2.45. The Bertz CT molecular complexity index is 470. The highest BCUT2D eigenvalue weighted by Crippen LogP contribution is 2.16. The maximum Gasteiger partial charge on any atom is 0.410 e. The summed E-state index contributed by atoms with van der Waals surface area (Å²) in [7, 11) is 0. The van der Waals surface area contributed by atoms with E-state index >= 15 is 0 Å². The minimum absolute atomic E-state index is 0.213. The Hall–Kier alpha value is -1.62. The number of piperazine rings is 1. The SMILES string of the molecule is C[C@@H]1CN(C(=O)OC(C)(C)C)CCN1Cc1cccnc1. The fourth-order valence-electron chi connectivity index (χ4n) is 2.45. The number of rotatable bonds is 2. The number of hydrogen-bond donors (Lipinski definition) is 0. The molecule has 0 aromatic carbocycles. The molecule has 0 saturated carbocycles. The van der Waals surface area contributed by atoms with Crippen molar-refractivity contribution >= 4 is 6.09 Å². The molecule has 5 heteroatoms. The minimum Gasteiger partial charge on any atom is -0.444 e. The van der Waals surface area contributed by atoms with Crippen molar-refractivity contribution in [2.45, 2.75) is 45.9 Å². The van der Waals surface area contributed by atoms with Crippen molar-refractivity contribution in [3.05, 3.63) is 30.1 Å². The average Bonchev–Trinajstić information content (AvgIpc) is 2.40. The molecule has 0 spiro atoms. The first-order valence-corrected chi connectivity index (χ1v) is 7.46. The smallest absolute Gasteiger partial charge is 0.410 e. The van der Waals surface area contributed by atoms with Crippen LogP contribution < -0.4 is 0 Å². The molecule has 1 aromatic rings. The lowest BCUT2D eigenvalue weighted by atomic mass is 10.1. The fraction of sp³-hybridized carbons (Fsp3) is 0.625. The lowest BCUT2D eigenvalue weighted by Crippen LogP contribution is -2.54. The van der Waals surface area contributed by atoms with Gasteiger partial charge in [-0.3, -0.25) is 9.88 Å². The van der Waals surface area contributed by atoms with Gasteiger partial charge in [-0.15, -0.1) is 0 Å². The summed E-state index contributed by atoms with van der Waals surface area (Å²) in [4.78, 5) is 20.4. The van der Waals surface area contributed by atoms with E-state index in [0.29, 0.717) is 19.1 Å². The van der Waals surface area contributed by atoms with Crippen LogP contribution >= 0.6 is 0 Å². The van der Waals surface area contributed by atoms with Crippen LogP contribution in [0.3, 0.4) is 0 Å². The molecule has 1 aromatic heterocycles. The number of pyridine rings is 1. The number of carbonyl (C=O) groups excluding carboxylic acids is 1. The van der Waals surface area contributed by atoms with Crippen LogP contribution in [-0.2, 0) is 11.3 Å². The van der Waals surface area contributed by atoms with Crippen molar-refractivity contribution in [2.75, 3.05) is 19.6 Å². The average molecular weight is 291 g/mol. The quantitative estimate of drug-likeness (QED) is 0.840. The van der Waals surface area contributed by atoms with Crippen LogP contribution in [0.2, 0.25) is 0 Å². The van der Waals surface area contributed by atoms with Crippen molar-refractivity contribution in [3.63, 3.8) is 0 Å². The maximum absolute atomic E-state index is 12.1. The van der Waals surface area contributed by atoms with Crippen molar-refractivity contribution in [1.82, 2.24) is 14.8 Å². The van der Waals surface area contributed by atoms with Crippen LogP contribution in [0, 0.1) is 0 Å². The summed E-state index contributed by atoms with van der Waals surface area (Å²) in [5.74, 6) is 0. The molecule has 116 valence electrons. The van der Waals surface area contributed by atoms with E-state index in [4.69, 9.17) is 4.74 Å². The van der Waals surface area contributed by atoms with Crippen molar-refractivity contribution in [1.29, 1.82) is 0 Å². The van der Waals surface area contributed by atoms with Gasteiger partial charge in [0.2, 0.25) is 0 Å². The Labute approximate surface area is 126 Å². The van der Waals surface area contributed by atoms with Gasteiger partial charge in [0.25, 0.3) is 0 Å². The van der Waals surface area contributed by atoms with Gasteiger partial charge in [0.05, 0.1) is 0 Å². The van der Waals surface area contributed by atoms with Gasteiger partial charge in [-0.25, -0.2) is 4.79 Å². The molecule has 5 nitrogen and oxygen atoms in total. The third-order valence-corrected chi connectivity index (χ3v) is 3.53. The van der Waals surface area contributed by atoms with E-state index in [1.807, 2.05) is 33.0 Å². The molecule has 0 radical (unpaired) electrons. The Morgan fingerprint density at radius 3 is 2.76 bits per heavy atom. The molecule has 21 heavy (non-hydrogen) atoms. The molecule has 2 rings (SSSR count). The summed E-state index contributed by atoms with van der Waals surface area (Å²) >= 11 is 0. The lowest BCUT2D eigenvalue weighted by molar-refractivity contribution is 0.00460. The van der Waals surface area contributed by atoms with E-state index in [0.717, 1.165) is 13.1 Å². The normalized spacial score (nSPS) is 20.4. The molecule has 0 unspecified atom stereocenters. The summed E-state index contributed by atoms with van der Waals surface area (Å²) in [5, 5.41) is 0.